The highest BCUT2D eigenvalue weighted by Crippen LogP contribution is 2.34. The monoisotopic (exact) mass is 379 g/mol. The lowest BCUT2D eigenvalue weighted by Crippen LogP contribution is -2.30. The van der Waals surface area contributed by atoms with Crippen LogP contribution < -0.4 is 21.9 Å². The predicted octanol–water partition coefficient (Wildman–Crippen LogP) is 1.63. The molecule has 1 saturated carbocycles. The van der Waals surface area contributed by atoms with Gasteiger partial charge in [0.1, 0.15) is 5.65 Å². The average Bonchev–Trinajstić information content (AvgIpc) is 3.47. The molecule has 3 N–H and O–H groups in total. The van der Waals surface area contributed by atoms with Gasteiger partial charge < -0.3 is 10.6 Å². The SMILES string of the molecule is CC(=O)Nc1ccc(NC(=O)c2cnc3c(c2)c(=O)[nH]c(=O)n3C2CC2)cc1. The third kappa shape index (κ3) is 3.41. The Balaban J connectivity index is 1.62. The van der Waals surface area contributed by atoms with Crippen LogP contribution in [0.3, 0.4) is 0 Å². The number of hydrogen-bond acceptors (Lipinski definition) is 5. The topological polar surface area (TPSA) is 126 Å². The van der Waals surface area contributed by atoms with Gasteiger partial charge in [-0.25, -0.2) is 9.78 Å². The van der Waals surface area contributed by atoms with Crippen molar-refractivity contribution in [1.82, 2.24) is 14.5 Å². The van der Waals surface area contributed by atoms with Crippen LogP contribution in [0.25, 0.3) is 11.0 Å². The summed E-state index contributed by atoms with van der Waals surface area (Å²) in [6, 6.07) is 8.09. The number of rotatable bonds is 4. The highest BCUT2D eigenvalue weighted by Gasteiger charge is 2.27. The van der Waals surface area contributed by atoms with Gasteiger partial charge in [-0.2, -0.15) is 0 Å². The molecular weight excluding hydrogens is 362 g/mol. The number of carbonyl (C=O) groups excluding carboxylic acids is 2. The van der Waals surface area contributed by atoms with Crippen LogP contribution >= 0.6 is 0 Å². The number of hydrogen-bond donors (Lipinski definition) is 3. The Morgan fingerprint density at radius 1 is 1.11 bits per heavy atom. The first-order chi connectivity index (χ1) is 13.4. The first-order valence-corrected chi connectivity index (χ1v) is 8.76. The standard InChI is InChI=1S/C19H17N5O4/c1-10(25)21-12-2-4-13(5-3-12)22-17(26)11-8-15-16(20-9-11)24(14-6-7-14)19(28)23-18(15)27/h2-5,8-9,14H,6-7H2,1H3,(H,21,25)(H,22,26)(H,23,27,28). The lowest BCUT2D eigenvalue weighted by molar-refractivity contribution is -0.114. The quantitative estimate of drug-likeness (QED) is 0.635. The number of pyridine rings is 1. The Hall–Kier alpha value is -3.75. The van der Waals surface area contributed by atoms with Crippen LogP contribution in [0.1, 0.15) is 36.2 Å². The van der Waals surface area contributed by atoms with Crippen LogP contribution in [0.2, 0.25) is 0 Å². The molecule has 0 unspecified atom stereocenters. The molecule has 2 aromatic heterocycles. The molecule has 9 heteroatoms. The fourth-order valence-corrected chi connectivity index (χ4v) is 2.98. The van der Waals surface area contributed by atoms with E-state index in [1.165, 1.54) is 23.8 Å². The molecule has 1 aliphatic rings. The predicted molar refractivity (Wildman–Crippen MR) is 104 cm³/mol. The van der Waals surface area contributed by atoms with Crippen LogP contribution in [0.4, 0.5) is 11.4 Å². The van der Waals surface area contributed by atoms with E-state index in [4.69, 9.17) is 0 Å². The average molecular weight is 379 g/mol. The first-order valence-electron chi connectivity index (χ1n) is 8.76. The van der Waals surface area contributed by atoms with E-state index in [1.807, 2.05) is 0 Å². The molecule has 1 aromatic carbocycles. The number of nitrogens with one attached hydrogen (secondary N) is 3. The molecule has 1 fully saturated rings. The van der Waals surface area contributed by atoms with Gasteiger partial charge in [-0.15, -0.1) is 0 Å². The molecule has 3 aromatic rings. The van der Waals surface area contributed by atoms with Crippen LogP contribution in [-0.2, 0) is 4.79 Å². The molecule has 0 spiro atoms. The maximum Gasteiger partial charge on any atom is 0.330 e. The van der Waals surface area contributed by atoms with E-state index in [9.17, 15) is 19.2 Å². The van der Waals surface area contributed by atoms with Crippen molar-refractivity contribution in [1.29, 1.82) is 0 Å². The van der Waals surface area contributed by atoms with Gasteiger partial charge in [0.25, 0.3) is 11.5 Å². The number of benzene rings is 1. The lowest BCUT2D eigenvalue weighted by Gasteiger charge is -2.09. The summed E-state index contributed by atoms with van der Waals surface area (Å²) < 4.78 is 1.47. The summed E-state index contributed by atoms with van der Waals surface area (Å²) in [5.74, 6) is -0.626. The van der Waals surface area contributed by atoms with Crippen molar-refractivity contribution in [3.8, 4) is 0 Å². The Morgan fingerprint density at radius 3 is 2.36 bits per heavy atom. The molecular formula is C19H17N5O4. The summed E-state index contributed by atoms with van der Waals surface area (Å²) in [7, 11) is 0. The fourth-order valence-electron chi connectivity index (χ4n) is 2.98. The molecule has 2 amide bonds. The number of anilines is 2. The second-order valence-electron chi connectivity index (χ2n) is 6.67. The summed E-state index contributed by atoms with van der Waals surface area (Å²) in [6.45, 7) is 1.41. The van der Waals surface area contributed by atoms with Crippen LogP contribution in [0.15, 0.2) is 46.1 Å². The fraction of sp³-hybridized carbons (Fsp3) is 0.211. The van der Waals surface area contributed by atoms with Gasteiger partial charge in [0.05, 0.1) is 10.9 Å². The van der Waals surface area contributed by atoms with Crippen molar-refractivity contribution in [2.45, 2.75) is 25.8 Å². The van der Waals surface area contributed by atoms with Crippen molar-refractivity contribution in [3.05, 3.63) is 62.9 Å². The molecule has 1 aliphatic carbocycles. The highest BCUT2D eigenvalue weighted by atomic mass is 16.2. The van der Waals surface area contributed by atoms with Crippen molar-refractivity contribution < 1.29 is 9.59 Å². The van der Waals surface area contributed by atoms with Crippen LogP contribution in [-0.4, -0.2) is 26.3 Å². The molecule has 9 nitrogen and oxygen atoms in total. The molecule has 0 aliphatic heterocycles. The smallest absolute Gasteiger partial charge is 0.326 e. The first kappa shape index (κ1) is 17.7. The van der Waals surface area contributed by atoms with Gasteiger partial charge in [0.15, 0.2) is 0 Å². The second kappa shape index (κ2) is 6.76. The Bertz CT molecular complexity index is 1210. The van der Waals surface area contributed by atoms with Gasteiger partial charge in [-0.05, 0) is 43.2 Å². The molecule has 142 valence electrons. The van der Waals surface area contributed by atoms with Crippen molar-refractivity contribution in [3.63, 3.8) is 0 Å². The summed E-state index contributed by atoms with van der Waals surface area (Å²) in [4.78, 5) is 54.3. The molecule has 0 radical (unpaired) electrons. The third-order valence-corrected chi connectivity index (χ3v) is 4.42. The van der Waals surface area contributed by atoms with Gasteiger partial charge in [-0.1, -0.05) is 0 Å². The normalized spacial score (nSPS) is 13.3. The maximum absolute atomic E-state index is 12.5. The van der Waals surface area contributed by atoms with Crippen LogP contribution in [0.5, 0.6) is 0 Å². The van der Waals surface area contributed by atoms with E-state index in [1.54, 1.807) is 24.3 Å². The van der Waals surface area contributed by atoms with E-state index in [2.05, 4.69) is 20.6 Å². The van der Waals surface area contributed by atoms with Crippen LogP contribution in [0, 0.1) is 0 Å². The minimum absolute atomic E-state index is 0.0427. The molecule has 28 heavy (non-hydrogen) atoms. The second-order valence-corrected chi connectivity index (χ2v) is 6.67. The molecule has 0 saturated heterocycles. The summed E-state index contributed by atoms with van der Waals surface area (Å²) in [5.41, 5.74) is 0.568. The molecule has 2 heterocycles. The highest BCUT2D eigenvalue weighted by molar-refractivity contribution is 6.05. The lowest BCUT2D eigenvalue weighted by atomic mass is 10.2. The minimum atomic E-state index is -0.571. The van der Waals surface area contributed by atoms with Gasteiger partial charge in [0, 0.05) is 30.5 Å². The van der Waals surface area contributed by atoms with Gasteiger partial charge in [-0.3, -0.25) is 23.9 Å². The number of carbonyl (C=O) groups is 2. The number of aromatic nitrogens is 3. The van der Waals surface area contributed by atoms with Crippen molar-refractivity contribution in [2.24, 2.45) is 0 Å². The van der Waals surface area contributed by atoms with E-state index < -0.39 is 17.2 Å². The zero-order chi connectivity index (χ0) is 19.8. The maximum atomic E-state index is 12.5. The van der Waals surface area contributed by atoms with Crippen molar-refractivity contribution >= 4 is 34.2 Å². The number of aromatic amines is 1. The number of nitrogens with zero attached hydrogens (tertiary/aromatic N) is 2. The number of H-pyrrole nitrogens is 1. The largest absolute Gasteiger partial charge is 0.330 e. The Morgan fingerprint density at radius 2 is 1.75 bits per heavy atom. The zero-order valence-corrected chi connectivity index (χ0v) is 15.0. The van der Waals surface area contributed by atoms with E-state index in [-0.39, 0.29) is 28.5 Å². The zero-order valence-electron chi connectivity index (χ0n) is 15.0. The van der Waals surface area contributed by atoms with E-state index in [0.717, 1.165) is 12.8 Å². The molecule has 0 atom stereocenters. The summed E-state index contributed by atoms with van der Waals surface area (Å²) in [5, 5.41) is 5.55. The van der Waals surface area contributed by atoms with E-state index in [0.29, 0.717) is 11.4 Å². The van der Waals surface area contributed by atoms with Crippen molar-refractivity contribution in [2.75, 3.05) is 10.6 Å². The van der Waals surface area contributed by atoms with E-state index >= 15 is 0 Å². The van der Waals surface area contributed by atoms with Gasteiger partial charge >= 0.3 is 5.69 Å². The number of amides is 2. The number of fused-ring (bicyclic) bond motifs is 1. The third-order valence-electron chi connectivity index (χ3n) is 4.42. The molecule has 0 bridgehead atoms. The summed E-state index contributed by atoms with van der Waals surface area (Å²) >= 11 is 0. The van der Waals surface area contributed by atoms with Gasteiger partial charge in [0.2, 0.25) is 5.91 Å². The minimum Gasteiger partial charge on any atom is -0.326 e. The summed E-state index contributed by atoms with van der Waals surface area (Å²) in [6.07, 6.45) is 3.07. The Labute approximate surface area is 158 Å². The molecule has 4 rings (SSSR count). The Kier molecular flexibility index (Phi) is 4.26.